The van der Waals surface area contributed by atoms with Gasteiger partial charge in [0.1, 0.15) is 5.69 Å². The Labute approximate surface area is 212 Å². The minimum Gasteiger partial charge on any atom is -0.468 e. The standard InChI is InChI=1S/C24H26ClN5O6/c1-36-20(31)24(8-4-6-15-5-2-3-7-16(15)24)11-17-18(30(34)35)19(27-21(25)26-17)28-10-9-23(12-28)13-29(14-23)22(32)33/h2-3,5,7H,4,6,8-14H2,1H3,(H,32,33). The summed E-state index contributed by atoms with van der Waals surface area (Å²) in [6.07, 6.45) is 1.65. The number of aryl methyl sites for hydroxylation is 1. The van der Waals surface area contributed by atoms with Gasteiger partial charge in [0, 0.05) is 38.0 Å². The Hall–Kier alpha value is -3.47. The van der Waals surface area contributed by atoms with E-state index >= 15 is 0 Å². The van der Waals surface area contributed by atoms with Crippen molar-refractivity contribution < 1.29 is 24.4 Å². The number of likely N-dealkylation sites (tertiary alicyclic amines) is 1. The number of amides is 1. The van der Waals surface area contributed by atoms with Crippen LogP contribution in [0.3, 0.4) is 0 Å². The average molecular weight is 516 g/mol. The minimum absolute atomic E-state index is 0.0476. The molecule has 2 aliphatic heterocycles. The first kappa shape index (κ1) is 24.2. The molecular weight excluding hydrogens is 490 g/mol. The summed E-state index contributed by atoms with van der Waals surface area (Å²) in [7, 11) is 1.32. The van der Waals surface area contributed by atoms with Crippen LogP contribution in [0.25, 0.3) is 0 Å². The van der Waals surface area contributed by atoms with Crippen LogP contribution in [0.4, 0.5) is 16.3 Å². The van der Waals surface area contributed by atoms with E-state index < -0.39 is 22.4 Å². The van der Waals surface area contributed by atoms with Crippen molar-refractivity contribution in [3.8, 4) is 0 Å². The first-order valence-corrected chi connectivity index (χ1v) is 12.2. The van der Waals surface area contributed by atoms with Crippen LogP contribution in [-0.4, -0.2) is 70.2 Å². The quantitative estimate of drug-likeness (QED) is 0.275. The van der Waals surface area contributed by atoms with Crippen molar-refractivity contribution in [1.82, 2.24) is 14.9 Å². The van der Waals surface area contributed by atoms with Crippen molar-refractivity contribution in [2.24, 2.45) is 5.41 Å². The van der Waals surface area contributed by atoms with Gasteiger partial charge in [0.15, 0.2) is 0 Å². The first-order valence-electron chi connectivity index (χ1n) is 11.8. The number of esters is 1. The lowest BCUT2D eigenvalue weighted by molar-refractivity contribution is -0.385. The van der Waals surface area contributed by atoms with E-state index in [1.165, 1.54) is 12.0 Å². The fraction of sp³-hybridized carbons (Fsp3) is 0.500. The van der Waals surface area contributed by atoms with Gasteiger partial charge in [-0.05, 0) is 48.4 Å². The molecule has 1 amide bonds. The van der Waals surface area contributed by atoms with Gasteiger partial charge in [-0.15, -0.1) is 0 Å². The molecule has 1 atom stereocenters. The Morgan fingerprint density at radius 1 is 1.22 bits per heavy atom. The van der Waals surface area contributed by atoms with Gasteiger partial charge in [-0.3, -0.25) is 14.9 Å². The molecule has 1 spiro atoms. The van der Waals surface area contributed by atoms with Gasteiger partial charge in [0.25, 0.3) is 0 Å². The Balaban J connectivity index is 1.55. The maximum atomic E-state index is 13.2. The van der Waals surface area contributed by atoms with Crippen LogP contribution >= 0.6 is 11.6 Å². The molecule has 3 aliphatic rings. The lowest BCUT2D eigenvalue weighted by Crippen LogP contribution is -2.59. The number of hydrogen-bond acceptors (Lipinski definition) is 8. The van der Waals surface area contributed by atoms with Crippen molar-refractivity contribution in [1.29, 1.82) is 0 Å². The second-order valence-corrected chi connectivity index (χ2v) is 10.3. The number of rotatable bonds is 5. The molecule has 2 saturated heterocycles. The number of halogens is 1. The third-order valence-corrected chi connectivity index (χ3v) is 7.95. The van der Waals surface area contributed by atoms with Gasteiger partial charge in [-0.1, -0.05) is 24.3 Å². The molecule has 190 valence electrons. The summed E-state index contributed by atoms with van der Waals surface area (Å²) < 4.78 is 5.21. The van der Waals surface area contributed by atoms with Gasteiger partial charge in [0.05, 0.1) is 17.4 Å². The minimum atomic E-state index is -1.13. The highest BCUT2D eigenvalue weighted by Crippen LogP contribution is 2.46. The van der Waals surface area contributed by atoms with Crippen LogP contribution in [0.15, 0.2) is 24.3 Å². The Bertz CT molecular complexity index is 1250. The number of carbonyl (C=O) groups is 2. The summed E-state index contributed by atoms with van der Waals surface area (Å²) in [4.78, 5) is 48.0. The van der Waals surface area contributed by atoms with Gasteiger partial charge in [-0.2, -0.15) is 4.98 Å². The van der Waals surface area contributed by atoms with Gasteiger partial charge in [0.2, 0.25) is 11.1 Å². The van der Waals surface area contributed by atoms with Crippen molar-refractivity contribution in [3.63, 3.8) is 0 Å². The van der Waals surface area contributed by atoms with E-state index in [-0.39, 0.29) is 34.3 Å². The van der Waals surface area contributed by atoms with Crippen LogP contribution in [0.2, 0.25) is 5.28 Å². The first-order chi connectivity index (χ1) is 17.2. The van der Waals surface area contributed by atoms with E-state index in [9.17, 15) is 24.8 Å². The number of methoxy groups -OCH3 is 1. The summed E-state index contributed by atoms with van der Waals surface area (Å²) in [5.41, 5.74) is 0.199. The Morgan fingerprint density at radius 3 is 2.67 bits per heavy atom. The maximum absolute atomic E-state index is 13.2. The van der Waals surface area contributed by atoms with Crippen LogP contribution in [0, 0.1) is 15.5 Å². The second kappa shape index (κ2) is 8.88. The zero-order chi connectivity index (χ0) is 25.7. The number of carbonyl (C=O) groups excluding carboxylic acids is 1. The number of hydrogen-bond donors (Lipinski definition) is 1. The predicted molar refractivity (Wildman–Crippen MR) is 129 cm³/mol. The topological polar surface area (TPSA) is 139 Å². The third-order valence-electron chi connectivity index (χ3n) is 7.78. The Kier molecular flexibility index (Phi) is 5.98. The number of ether oxygens (including phenoxy) is 1. The molecule has 12 heteroatoms. The van der Waals surface area contributed by atoms with Crippen LogP contribution in [0.1, 0.15) is 36.1 Å². The number of anilines is 1. The number of carboxylic acid groups (broad SMARTS) is 1. The molecule has 2 fully saturated rings. The van der Waals surface area contributed by atoms with Gasteiger partial charge in [-0.25, -0.2) is 9.78 Å². The average Bonchev–Trinajstić information content (AvgIpc) is 3.28. The van der Waals surface area contributed by atoms with Crippen molar-refractivity contribution >= 4 is 35.2 Å². The van der Waals surface area contributed by atoms with Crippen molar-refractivity contribution in [2.45, 2.75) is 37.5 Å². The zero-order valence-corrected chi connectivity index (χ0v) is 20.5. The molecule has 36 heavy (non-hydrogen) atoms. The summed E-state index contributed by atoms with van der Waals surface area (Å²) in [6, 6.07) is 7.58. The number of aromatic nitrogens is 2. The molecular formula is C24H26ClN5O6. The van der Waals surface area contributed by atoms with Gasteiger partial charge < -0.3 is 19.6 Å². The molecule has 2 aromatic rings. The molecule has 1 aliphatic carbocycles. The number of nitro groups is 1. The predicted octanol–water partition coefficient (Wildman–Crippen LogP) is 3.22. The maximum Gasteiger partial charge on any atom is 0.407 e. The lowest BCUT2D eigenvalue weighted by Gasteiger charge is -2.46. The second-order valence-electron chi connectivity index (χ2n) is 9.94. The summed E-state index contributed by atoms with van der Waals surface area (Å²) in [6.45, 7) is 1.66. The van der Waals surface area contributed by atoms with E-state index in [2.05, 4.69) is 9.97 Å². The molecule has 0 radical (unpaired) electrons. The van der Waals surface area contributed by atoms with E-state index in [0.717, 1.165) is 24.0 Å². The van der Waals surface area contributed by atoms with Crippen LogP contribution in [-0.2, 0) is 27.8 Å². The van der Waals surface area contributed by atoms with Crippen molar-refractivity contribution in [3.05, 3.63) is 56.5 Å². The normalized spacial score (nSPS) is 22.2. The lowest BCUT2D eigenvalue weighted by atomic mass is 9.67. The fourth-order valence-electron chi connectivity index (χ4n) is 6.13. The van der Waals surface area contributed by atoms with E-state index in [1.54, 1.807) is 4.90 Å². The molecule has 5 rings (SSSR count). The smallest absolute Gasteiger partial charge is 0.407 e. The molecule has 1 unspecified atom stereocenters. The monoisotopic (exact) mass is 515 g/mol. The SMILES string of the molecule is COC(=O)C1(Cc2nc(Cl)nc(N3CCC4(CN(C(=O)O)C4)C3)c2[N+](=O)[O-])CCCc2ccccc21. The number of nitrogens with zero attached hydrogens (tertiary/aromatic N) is 5. The summed E-state index contributed by atoms with van der Waals surface area (Å²) in [5.74, 6) is -0.367. The highest BCUT2D eigenvalue weighted by atomic mass is 35.5. The highest BCUT2D eigenvalue weighted by molar-refractivity contribution is 6.28. The van der Waals surface area contributed by atoms with Crippen molar-refractivity contribution in [2.75, 3.05) is 38.2 Å². The molecule has 1 aromatic heterocycles. The van der Waals surface area contributed by atoms with E-state index in [1.807, 2.05) is 24.3 Å². The molecule has 11 nitrogen and oxygen atoms in total. The molecule has 0 bridgehead atoms. The third kappa shape index (κ3) is 3.91. The number of benzene rings is 1. The number of fused-ring (bicyclic) bond motifs is 1. The Morgan fingerprint density at radius 2 is 1.97 bits per heavy atom. The molecule has 3 heterocycles. The molecule has 1 N–H and O–H groups in total. The highest BCUT2D eigenvalue weighted by Gasteiger charge is 2.51. The van der Waals surface area contributed by atoms with Gasteiger partial charge >= 0.3 is 17.7 Å². The van der Waals surface area contributed by atoms with Crippen LogP contribution < -0.4 is 4.90 Å². The largest absolute Gasteiger partial charge is 0.468 e. The fourth-order valence-corrected chi connectivity index (χ4v) is 6.31. The molecule has 0 saturated carbocycles. The van der Waals surface area contributed by atoms with E-state index in [0.29, 0.717) is 39.0 Å². The van der Waals surface area contributed by atoms with E-state index in [4.69, 9.17) is 16.3 Å². The molecule has 1 aromatic carbocycles. The summed E-state index contributed by atoms with van der Waals surface area (Å²) in [5, 5.41) is 21.5. The summed E-state index contributed by atoms with van der Waals surface area (Å²) >= 11 is 6.29. The zero-order valence-electron chi connectivity index (χ0n) is 19.8. The van der Waals surface area contributed by atoms with Crippen LogP contribution in [0.5, 0.6) is 0 Å².